The molecule has 0 N–H and O–H groups in total. The Bertz CT molecular complexity index is 392. The molecular formula is C16H23NO2. The van der Waals surface area contributed by atoms with Crippen molar-refractivity contribution in [2.45, 2.75) is 31.8 Å². The largest absolute Gasteiger partial charge is 0.492 e. The van der Waals surface area contributed by atoms with E-state index in [2.05, 4.69) is 29.2 Å². The van der Waals surface area contributed by atoms with Crippen LogP contribution in [0.1, 0.15) is 25.7 Å². The lowest BCUT2D eigenvalue weighted by Gasteiger charge is -2.23. The van der Waals surface area contributed by atoms with E-state index in [0.717, 1.165) is 12.2 Å². The van der Waals surface area contributed by atoms with Gasteiger partial charge in [-0.1, -0.05) is 12.2 Å². The molecule has 0 aromatic carbocycles. The summed E-state index contributed by atoms with van der Waals surface area (Å²) in [4.78, 5) is 2.57. The molecule has 19 heavy (non-hydrogen) atoms. The molecule has 3 heteroatoms. The summed E-state index contributed by atoms with van der Waals surface area (Å²) in [5.41, 5.74) is 1.38. The lowest BCUT2D eigenvalue weighted by molar-refractivity contribution is -0.0208. The van der Waals surface area contributed by atoms with Gasteiger partial charge in [-0.15, -0.1) is 0 Å². The predicted molar refractivity (Wildman–Crippen MR) is 75.9 cm³/mol. The Hall–Kier alpha value is -1.06. The number of ether oxygens (including phenoxy) is 2. The first-order valence-electron chi connectivity index (χ1n) is 7.47. The van der Waals surface area contributed by atoms with Crippen molar-refractivity contribution in [2.75, 3.05) is 32.8 Å². The third kappa shape index (κ3) is 3.48. The van der Waals surface area contributed by atoms with Crippen molar-refractivity contribution in [3.63, 3.8) is 0 Å². The zero-order chi connectivity index (χ0) is 12.9. The van der Waals surface area contributed by atoms with Crippen molar-refractivity contribution >= 4 is 0 Å². The Morgan fingerprint density at radius 2 is 2.05 bits per heavy atom. The van der Waals surface area contributed by atoms with Crippen LogP contribution in [0.3, 0.4) is 0 Å². The van der Waals surface area contributed by atoms with E-state index in [9.17, 15) is 0 Å². The second-order valence-electron chi connectivity index (χ2n) is 5.46. The highest BCUT2D eigenvalue weighted by Crippen LogP contribution is 2.21. The summed E-state index contributed by atoms with van der Waals surface area (Å²) in [5.74, 6) is 0.956. The molecule has 0 aromatic heterocycles. The predicted octanol–water partition coefficient (Wildman–Crippen LogP) is 2.66. The fraction of sp³-hybridized carbons (Fsp3) is 0.625. The molecule has 0 amide bonds. The van der Waals surface area contributed by atoms with Crippen molar-refractivity contribution in [2.24, 2.45) is 0 Å². The van der Waals surface area contributed by atoms with Gasteiger partial charge in [-0.05, 0) is 63.0 Å². The molecule has 3 nitrogen and oxygen atoms in total. The van der Waals surface area contributed by atoms with Crippen LogP contribution >= 0.6 is 0 Å². The van der Waals surface area contributed by atoms with E-state index in [1.54, 1.807) is 0 Å². The molecule has 2 fully saturated rings. The minimum Gasteiger partial charge on any atom is -0.492 e. The van der Waals surface area contributed by atoms with Crippen LogP contribution in [-0.4, -0.2) is 43.9 Å². The lowest BCUT2D eigenvalue weighted by Crippen LogP contribution is -2.24. The molecule has 0 saturated carbocycles. The second kappa shape index (κ2) is 6.40. The van der Waals surface area contributed by atoms with Gasteiger partial charge >= 0.3 is 0 Å². The third-order valence-electron chi connectivity index (χ3n) is 4.02. The van der Waals surface area contributed by atoms with E-state index in [4.69, 9.17) is 9.47 Å². The van der Waals surface area contributed by atoms with Gasteiger partial charge in [0.2, 0.25) is 0 Å². The molecule has 2 aliphatic heterocycles. The van der Waals surface area contributed by atoms with E-state index < -0.39 is 0 Å². The molecule has 1 unspecified atom stereocenters. The maximum Gasteiger partial charge on any atom is 0.133 e. The van der Waals surface area contributed by atoms with Crippen molar-refractivity contribution in [1.29, 1.82) is 0 Å². The van der Waals surface area contributed by atoms with E-state index in [1.165, 1.54) is 44.5 Å². The van der Waals surface area contributed by atoms with Gasteiger partial charge in [0.15, 0.2) is 0 Å². The topological polar surface area (TPSA) is 21.7 Å². The first-order valence-corrected chi connectivity index (χ1v) is 7.47. The van der Waals surface area contributed by atoms with Crippen molar-refractivity contribution in [1.82, 2.24) is 4.90 Å². The Labute approximate surface area is 115 Å². The van der Waals surface area contributed by atoms with Gasteiger partial charge in [-0.2, -0.15) is 0 Å². The number of hydrogen-bond acceptors (Lipinski definition) is 3. The van der Waals surface area contributed by atoms with Gasteiger partial charge in [0, 0.05) is 0 Å². The van der Waals surface area contributed by atoms with Crippen LogP contribution < -0.4 is 0 Å². The summed E-state index contributed by atoms with van der Waals surface area (Å²) in [7, 11) is 0. The number of nitrogens with zero attached hydrogens (tertiary/aromatic N) is 1. The van der Waals surface area contributed by atoms with Gasteiger partial charge in [0.1, 0.15) is 18.5 Å². The van der Waals surface area contributed by atoms with Crippen molar-refractivity contribution in [3.05, 3.63) is 35.6 Å². The first kappa shape index (κ1) is 12.9. The zero-order valence-corrected chi connectivity index (χ0v) is 11.5. The number of likely N-dealkylation sites (tertiary alicyclic amines) is 1. The van der Waals surface area contributed by atoms with Crippen LogP contribution in [0.15, 0.2) is 35.6 Å². The van der Waals surface area contributed by atoms with Gasteiger partial charge in [0.25, 0.3) is 0 Å². The quantitative estimate of drug-likeness (QED) is 0.776. The lowest BCUT2D eigenvalue weighted by atomic mass is 10.1. The van der Waals surface area contributed by atoms with Crippen LogP contribution in [0.4, 0.5) is 0 Å². The first-order chi connectivity index (χ1) is 9.42. The van der Waals surface area contributed by atoms with Crippen LogP contribution in [-0.2, 0) is 9.47 Å². The number of hydrogen-bond donors (Lipinski definition) is 0. The Morgan fingerprint density at radius 1 is 1.16 bits per heavy atom. The smallest absolute Gasteiger partial charge is 0.133 e. The minimum atomic E-state index is 0.0288. The number of rotatable bonds is 4. The standard InChI is InChI=1S/C16H23NO2/c1-2-10-17(9-1)11-3-4-14-5-7-15-16(8-6-14)19-13-12-18-15/h5-8,15H,1-4,9-13H2. The summed E-state index contributed by atoms with van der Waals surface area (Å²) in [6, 6.07) is 0. The second-order valence-corrected chi connectivity index (χ2v) is 5.46. The van der Waals surface area contributed by atoms with E-state index in [-0.39, 0.29) is 6.10 Å². The average Bonchev–Trinajstić information content (AvgIpc) is 2.87. The SMILES string of the molecule is C1=CC2OCCOC2=CC=C1CCCN1CCCC1. The van der Waals surface area contributed by atoms with Gasteiger partial charge in [-0.3, -0.25) is 0 Å². The van der Waals surface area contributed by atoms with Gasteiger partial charge < -0.3 is 14.4 Å². The molecule has 0 radical (unpaired) electrons. The third-order valence-corrected chi connectivity index (χ3v) is 4.02. The average molecular weight is 261 g/mol. The fourth-order valence-electron chi connectivity index (χ4n) is 2.93. The number of allylic oxidation sites excluding steroid dienone is 4. The van der Waals surface area contributed by atoms with Crippen LogP contribution in [0.5, 0.6) is 0 Å². The van der Waals surface area contributed by atoms with Crippen LogP contribution in [0.25, 0.3) is 0 Å². The fourth-order valence-corrected chi connectivity index (χ4v) is 2.93. The Balaban J connectivity index is 1.50. The van der Waals surface area contributed by atoms with E-state index >= 15 is 0 Å². The van der Waals surface area contributed by atoms with Gasteiger partial charge in [0.05, 0.1) is 6.61 Å². The molecule has 3 aliphatic rings. The summed E-state index contributed by atoms with van der Waals surface area (Å²) in [5, 5.41) is 0. The van der Waals surface area contributed by atoms with Crippen molar-refractivity contribution in [3.8, 4) is 0 Å². The number of fused-ring (bicyclic) bond motifs is 1. The highest BCUT2D eigenvalue weighted by molar-refractivity contribution is 5.32. The Kier molecular flexibility index (Phi) is 4.36. The van der Waals surface area contributed by atoms with Crippen LogP contribution in [0.2, 0.25) is 0 Å². The molecule has 0 spiro atoms. The maximum absolute atomic E-state index is 5.67. The zero-order valence-electron chi connectivity index (χ0n) is 11.5. The normalized spacial score (nSPS) is 27.3. The Morgan fingerprint density at radius 3 is 2.95 bits per heavy atom. The van der Waals surface area contributed by atoms with Crippen molar-refractivity contribution < 1.29 is 9.47 Å². The molecule has 1 atom stereocenters. The maximum atomic E-state index is 5.67. The van der Waals surface area contributed by atoms with E-state index in [0.29, 0.717) is 13.2 Å². The molecule has 2 heterocycles. The van der Waals surface area contributed by atoms with Gasteiger partial charge in [-0.25, -0.2) is 0 Å². The highest BCUT2D eigenvalue weighted by Gasteiger charge is 2.19. The minimum absolute atomic E-state index is 0.0288. The highest BCUT2D eigenvalue weighted by atomic mass is 16.6. The van der Waals surface area contributed by atoms with Crippen LogP contribution in [0, 0.1) is 0 Å². The summed E-state index contributed by atoms with van der Waals surface area (Å²) in [6.45, 7) is 5.19. The molecule has 3 rings (SSSR count). The molecule has 104 valence electrons. The molecular weight excluding hydrogens is 238 g/mol. The summed E-state index contributed by atoms with van der Waals surface area (Å²) >= 11 is 0. The summed E-state index contributed by atoms with van der Waals surface area (Å²) < 4.78 is 11.3. The molecule has 1 aliphatic carbocycles. The molecule has 0 bridgehead atoms. The molecule has 0 aromatic rings. The van der Waals surface area contributed by atoms with E-state index in [1.807, 2.05) is 0 Å². The summed E-state index contributed by atoms with van der Waals surface area (Å²) in [6.07, 6.45) is 13.8. The molecule has 2 saturated heterocycles. The monoisotopic (exact) mass is 261 g/mol.